The zero-order valence-electron chi connectivity index (χ0n) is 22.4. The number of rotatable bonds is 9. The zero-order valence-corrected chi connectivity index (χ0v) is 22.4. The minimum absolute atomic E-state index is 0.00287. The third-order valence-corrected chi connectivity index (χ3v) is 7.74. The number of carbonyl (C=O) groups excluding carboxylic acids is 1. The molecular formula is C30H35FN4O4. The Morgan fingerprint density at radius 3 is 2.31 bits per heavy atom. The van der Waals surface area contributed by atoms with Gasteiger partial charge in [-0.15, -0.1) is 0 Å². The van der Waals surface area contributed by atoms with Gasteiger partial charge in [-0.05, 0) is 65.9 Å². The van der Waals surface area contributed by atoms with Crippen LogP contribution in [0.3, 0.4) is 0 Å². The maximum Gasteiger partial charge on any atom is 0.223 e. The van der Waals surface area contributed by atoms with Crippen molar-refractivity contribution in [3.05, 3.63) is 89.2 Å². The molecule has 2 aliphatic rings. The normalized spacial score (nSPS) is 24.1. The number of hydrazine groups is 1. The van der Waals surface area contributed by atoms with Gasteiger partial charge in [0.2, 0.25) is 5.91 Å². The van der Waals surface area contributed by atoms with Crippen molar-refractivity contribution in [2.24, 2.45) is 11.8 Å². The number of amides is 1. The van der Waals surface area contributed by atoms with Gasteiger partial charge in [-0.25, -0.2) is 15.2 Å². The minimum Gasteiger partial charge on any atom is -0.497 e. The number of methoxy groups -OCH3 is 3. The van der Waals surface area contributed by atoms with E-state index in [-0.39, 0.29) is 41.8 Å². The molecule has 0 bridgehead atoms. The van der Waals surface area contributed by atoms with E-state index in [0.29, 0.717) is 30.9 Å². The maximum absolute atomic E-state index is 13.7. The number of carbonyl (C=O) groups is 1. The van der Waals surface area contributed by atoms with Gasteiger partial charge in [0, 0.05) is 24.4 Å². The summed E-state index contributed by atoms with van der Waals surface area (Å²) in [5.41, 5.74) is 9.77. The fourth-order valence-electron chi connectivity index (χ4n) is 5.70. The van der Waals surface area contributed by atoms with Gasteiger partial charge in [0.25, 0.3) is 0 Å². The van der Waals surface area contributed by atoms with Crippen LogP contribution in [-0.2, 0) is 11.2 Å². The number of hydrogen-bond donors (Lipinski definition) is 4. The van der Waals surface area contributed by atoms with Crippen LogP contribution in [0.2, 0.25) is 0 Å². The summed E-state index contributed by atoms with van der Waals surface area (Å²) < 4.78 is 29.7. The van der Waals surface area contributed by atoms with E-state index in [0.717, 1.165) is 22.4 Å². The molecule has 5 atom stereocenters. The lowest BCUT2D eigenvalue weighted by Crippen LogP contribution is -2.54. The first-order valence-electron chi connectivity index (χ1n) is 13.2. The molecule has 39 heavy (non-hydrogen) atoms. The van der Waals surface area contributed by atoms with E-state index < -0.39 is 0 Å². The quantitative estimate of drug-likeness (QED) is 0.333. The molecule has 2 heterocycles. The lowest BCUT2D eigenvalue weighted by molar-refractivity contribution is -0.128. The third-order valence-electron chi connectivity index (χ3n) is 7.74. The molecule has 2 saturated heterocycles. The van der Waals surface area contributed by atoms with Crippen LogP contribution in [0.15, 0.2) is 66.7 Å². The predicted molar refractivity (Wildman–Crippen MR) is 146 cm³/mol. The number of fused-ring (bicyclic) bond motifs is 1. The topological polar surface area (TPSA) is 92.9 Å². The van der Waals surface area contributed by atoms with E-state index in [9.17, 15) is 9.18 Å². The number of ether oxygens (including phenoxy) is 3. The molecule has 3 aromatic carbocycles. The lowest BCUT2D eigenvalue weighted by Gasteiger charge is -2.40. The fourth-order valence-corrected chi connectivity index (χ4v) is 5.70. The van der Waals surface area contributed by atoms with Crippen LogP contribution in [0.4, 0.5) is 4.39 Å². The van der Waals surface area contributed by atoms with Crippen molar-refractivity contribution in [1.29, 1.82) is 0 Å². The van der Waals surface area contributed by atoms with E-state index in [1.807, 2.05) is 42.5 Å². The van der Waals surface area contributed by atoms with Crippen LogP contribution in [-0.4, -0.2) is 39.9 Å². The van der Waals surface area contributed by atoms with Crippen molar-refractivity contribution in [1.82, 2.24) is 21.5 Å². The molecule has 206 valence electrons. The first-order valence-corrected chi connectivity index (χ1v) is 13.2. The van der Waals surface area contributed by atoms with Crippen molar-refractivity contribution in [2.75, 3.05) is 27.9 Å². The molecule has 9 heteroatoms. The van der Waals surface area contributed by atoms with E-state index in [4.69, 9.17) is 14.2 Å². The van der Waals surface area contributed by atoms with Crippen molar-refractivity contribution in [2.45, 2.75) is 31.1 Å². The summed E-state index contributed by atoms with van der Waals surface area (Å²) in [5, 5.41) is 6.85. The highest BCUT2D eigenvalue weighted by molar-refractivity contribution is 5.79. The molecule has 5 rings (SSSR count). The summed E-state index contributed by atoms with van der Waals surface area (Å²) in [5.74, 6) is 1.47. The summed E-state index contributed by atoms with van der Waals surface area (Å²) in [6.45, 7) is 0.491. The van der Waals surface area contributed by atoms with Gasteiger partial charge >= 0.3 is 0 Å². The summed E-state index contributed by atoms with van der Waals surface area (Å²) in [4.78, 5) is 13.7. The van der Waals surface area contributed by atoms with Gasteiger partial charge < -0.3 is 19.5 Å². The number of benzene rings is 3. The minimum atomic E-state index is -0.286. The smallest absolute Gasteiger partial charge is 0.223 e. The van der Waals surface area contributed by atoms with Crippen molar-refractivity contribution in [3.63, 3.8) is 0 Å². The Bertz CT molecular complexity index is 1270. The standard InChI is InChI=1S/C30H35FN4O4/c1-37-22-11-7-19(8-12-22)24-17-23(27-28(34-35-29(27)33-24)20-5-9-21(31)10-6-20)30(36)32-15-14-18-4-13-25(38-2)26(16-18)39-3/h4-13,16,23-24,27-29,33-35H,14-15,17H2,1-3H3,(H,32,36). The van der Waals surface area contributed by atoms with Gasteiger partial charge in [-0.1, -0.05) is 30.3 Å². The third kappa shape index (κ3) is 5.85. The van der Waals surface area contributed by atoms with E-state index >= 15 is 0 Å². The van der Waals surface area contributed by atoms with E-state index in [2.05, 4.69) is 21.5 Å². The summed E-state index contributed by atoms with van der Waals surface area (Å²) in [7, 11) is 4.86. The average molecular weight is 535 g/mol. The second-order valence-electron chi connectivity index (χ2n) is 9.94. The van der Waals surface area contributed by atoms with Crippen LogP contribution in [0.1, 0.15) is 35.2 Å². The molecule has 0 aliphatic carbocycles. The van der Waals surface area contributed by atoms with Gasteiger partial charge in [0.15, 0.2) is 11.5 Å². The molecule has 3 aromatic rings. The highest BCUT2D eigenvalue weighted by atomic mass is 19.1. The van der Waals surface area contributed by atoms with Crippen molar-refractivity contribution < 1.29 is 23.4 Å². The fraction of sp³-hybridized carbons (Fsp3) is 0.367. The average Bonchev–Trinajstić information content (AvgIpc) is 3.41. The highest BCUT2D eigenvalue weighted by Gasteiger charge is 2.49. The Kier molecular flexibility index (Phi) is 8.30. The highest BCUT2D eigenvalue weighted by Crippen LogP contribution is 2.42. The van der Waals surface area contributed by atoms with Crippen LogP contribution in [0.25, 0.3) is 0 Å². The van der Waals surface area contributed by atoms with E-state index in [1.54, 1.807) is 33.5 Å². The molecule has 2 fully saturated rings. The Balaban J connectivity index is 1.34. The Labute approximate surface area is 228 Å². The summed E-state index contributed by atoms with van der Waals surface area (Å²) in [6, 6.07) is 20.0. The molecular weight excluding hydrogens is 499 g/mol. The van der Waals surface area contributed by atoms with Gasteiger partial charge in [-0.3, -0.25) is 10.1 Å². The van der Waals surface area contributed by atoms with Crippen LogP contribution in [0.5, 0.6) is 17.2 Å². The lowest BCUT2D eigenvalue weighted by atomic mass is 9.74. The molecule has 0 saturated carbocycles. The largest absolute Gasteiger partial charge is 0.497 e. The SMILES string of the molecule is COc1ccc(C2CC(C(=O)NCCc3ccc(OC)c(OC)c3)C3C(NNC3c3ccc(F)cc3)N2)cc1. The van der Waals surface area contributed by atoms with Crippen molar-refractivity contribution in [3.8, 4) is 17.2 Å². The second kappa shape index (κ2) is 12.0. The van der Waals surface area contributed by atoms with Crippen LogP contribution < -0.4 is 35.7 Å². The maximum atomic E-state index is 13.7. The zero-order chi connectivity index (χ0) is 27.4. The molecule has 4 N–H and O–H groups in total. The number of halogens is 1. The first-order chi connectivity index (χ1) is 19.0. The number of hydrogen-bond acceptors (Lipinski definition) is 7. The molecule has 1 amide bonds. The summed E-state index contributed by atoms with van der Waals surface area (Å²) in [6.07, 6.45) is 1.13. The van der Waals surface area contributed by atoms with Gasteiger partial charge in [-0.2, -0.15) is 0 Å². The number of piperidine rings is 1. The van der Waals surface area contributed by atoms with Crippen LogP contribution in [0, 0.1) is 17.7 Å². The van der Waals surface area contributed by atoms with Crippen LogP contribution >= 0.6 is 0 Å². The van der Waals surface area contributed by atoms with E-state index in [1.165, 1.54) is 12.1 Å². The Morgan fingerprint density at radius 2 is 1.62 bits per heavy atom. The van der Waals surface area contributed by atoms with Crippen molar-refractivity contribution >= 4 is 5.91 Å². The molecule has 0 aromatic heterocycles. The summed E-state index contributed by atoms with van der Waals surface area (Å²) >= 11 is 0. The molecule has 2 aliphatic heterocycles. The Hall–Kier alpha value is -3.66. The molecule has 0 spiro atoms. The monoisotopic (exact) mass is 534 g/mol. The second-order valence-corrected chi connectivity index (χ2v) is 9.94. The molecule has 8 nitrogen and oxygen atoms in total. The Morgan fingerprint density at radius 1 is 0.897 bits per heavy atom. The first kappa shape index (κ1) is 26.9. The molecule has 5 unspecified atom stereocenters. The number of nitrogens with one attached hydrogen (secondary N) is 4. The van der Waals surface area contributed by atoms with Gasteiger partial charge in [0.05, 0.1) is 33.5 Å². The van der Waals surface area contributed by atoms with Gasteiger partial charge in [0.1, 0.15) is 11.6 Å². The predicted octanol–water partition coefficient (Wildman–Crippen LogP) is 3.65. The molecule has 0 radical (unpaired) electrons.